The van der Waals surface area contributed by atoms with Crippen LogP contribution < -0.4 is 9.47 Å². The van der Waals surface area contributed by atoms with Crippen LogP contribution in [-0.4, -0.2) is 14.2 Å². The summed E-state index contributed by atoms with van der Waals surface area (Å²) < 4.78 is 11.1. The second-order valence-corrected chi connectivity index (χ2v) is 9.09. The molecule has 0 N–H and O–H groups in total. The van der Waals surface area contributed by atoms with Crippen LogP contribution in [0, 0.1) is 13.8 Å². The van der Waals surface area contributed by atoms with Gasteiger partial charge in [0.1, 0.15) is 11.5 Å². The Morgan fingerprint density at radius 2 is 1.06 bits per heavy atom. The van der Waals surface area contributed by atoms with Crippen LogP contribution in [0.5, 0.6) is 11.5 Å². The molecule has 0 bridgehead atoms. The maximum Gasteiger partial charge on any atom is 0.119 e. The van der Waals surface area contributed by atoms with Crippen molar-refractivity contribution in [2.45, 2.75) is 13.8 Å². The highest BCUT2D eigenvalue weighted by Crippen LogP contribution is 2.48. The maximum atomic E-state index is 5.70. The van der Waals surface area contributed by atoms with Gasteiger partial charge in [0.15, 0.2) is 0 Å². The van der Waals surface area contributed by atoms with E-state index in [0.717, 1.165) is 17.1 Å². The van der Waals surface area contributed by atoms with Gasteiger partial charge in [-0.3, -0.25) is 0 Å². The molecule has 6 rings (SSSR count). The van der Waals surface area contributed by atoms with E-state index in [-0.39, 0.29) is 0 Å². The van der Waals surface area contributed by atoms with E-state index < -0.39 is 0 Å². The first-order valence-corrected chi connectivity index (χ1v) is 11.6. The molecular formula is C32H26O2. The van der Waals surface area contributed by atoms with Gasteiger partial charge in [-0.2, -0.15) is 0 Å². The van der Waals surface area contributed by atoms with Crippen molar-refractivity contribution >= 4 is 32.3 Å². The van der Waals surface area contributed by atoms with E-state index in [9.17, 15) is 0 Å². The number of hydrogen-bond donors (Lipinski definition) is 0. The highest BCUT2D eigenvalue weighted by Gasteiger charge is 2.20. The molecule has 2 heteroatoms. The number of aryl methyl sites for hydroxylation is 2. The molecule has 0 fully saturated rings. The first-order chi connectivity index (χ1) is 16.6. The molecule has 0 amide bonds. The first kappa shape index (κ1) is 20.6. The third kappa shape index (κ3) is 3.10. The number of fused-ring (bicyclic) bond motifs is 8. The lowest BCUT2D eigenvalue weighted by molar-refractivity contribution is 0.415. The van der Waals surface area contributed by atoms with Crippen molar-refractivity contribution in [2.75, 3.05) is 14.2 Å². The number of ether oxygens (including phenoxy) is 2. The largest absolute Gasteiger partial charge is 0.497 e. The Kier molecular flexibility index (Phi) is 4.70. The zero-order valence-corrected chi connectivity index (χ0v) is 19.9. The highest BCUT2D eigenvalue weighted by molar-refractivity contribution is 6.31. The Morgan fingerprint density at radius 1 is 0.471 bits per heavy atom. The molecule has 2 aliphatic rings. The second kappa shape index (κ2) is 7.78. The van der Waals surface area contributed by atoms with Crippen molar-refractivity contribution < 1.29 is 9.47 Å². The van der Waals surface area contributed by atoms with Crippen molar-refractivity contribution in [3.8, 4) is 33.8 Å². The van der Waals surface area contributed by atoms with E-state index >= 15 is 0 Å². The van der Waals surface area contributed by atoms with Crippen molar-refractivity contribution in [1.82, 2.24) is 0 Å². The summed E-state index contributed by atoms with van der Waals surface area (Å²) in [5.41, 5.74) is 7.30. The van der Waals surface area contributed by atoms with Gasteiger partial charge < -0.3 is 9.47 Å². The summed E-state index contributed by atoms with van der Waals surface area (Å²) in [5.74, 6) is 1.70. The molecule has 4 aromatic rings. The SMILES string of the molecule is COc1ccc(-c2ccc(OC)cc3cc4c5cc(C)ccc5c5ccc(C)cc5c4c2-3)cc1. The van der Waals surface area contributed by atoms with E-state index in [0.29, 0.717) is 0 Å². The molecule has 2 nitrogen and oxygen atoms in total. The molecule has 2 aliphatic carbocycles. The molecule has 0 heterocycles. The summed E-state index contributed by atoms with van der Waals surface area (Å²) in [4.78, 5) is 0. The van der Waals surface area contributed by atoms with E-state index in [4.69, 9.17) is 9.47 Å². The van der Waals surface area contributed by atoms with Crippen LogP contribution in [0.3, 0.4) is 0 Å². The van der Waals surface area contributed by atoms with Crippen LogP contribution in [0.25, 0.3) is 54.6 Å². The lowest BCUT2D eigenvalue weighted by Crippen LogP contribution is -1.86. The van der Waals surface area contributed by atoms with Gasteiger partial charge in [-0.25, -0.2) is 0 Å². The highest BCUT2D eigenvalue weighted by atomic mass is 16.5. The van der Waals surface area contributed by atoms with E-state index in [1.54, 1.807) is 14.2 Å². The fourth-order valence-electron chi connectivity index (χ4n) is 5.28. The molecule has 166 valence electrons. The van der Waals surface area contributed by atoms with E-state index in [2.05, 4.69) is 86.6 Å². The molecule has 4 aromatic carbocycles. The Morgan fingerprint density at radius 3 is 1.74 bits per heavy atom. The van der Waals surface area contributed by atoms with E-state index in [1.165, 1.54) is 60.1 Å². The minimum absolute atomic E-state index is 0.848. The van der Waals surface area contributed by atoms with Gasteiger partial charge in [-0.05, 0) is 98.8 Å². The van der Waals surface area contributed by atoms with Crippen LogP contribution in [0.2, 0.25) is 0 Å². The molecule has 34 heavy (non-hydrogen) atoms. The molecule has 0 spiro atoms. The smallest absolute Gasteiger partial charge is 0.119 e. The predicted molar refractivity (Wildman–Crippen MR) is 144 cm³/mol. The molecule has 0 radical (unpaired) electrons. The number of benzene rings is 4. The Bertz CT molecular complexity index is 1680. The summed E-state index contributed by atoms with van der Waals surface area (Å²) in [5, 5.41) is 7.77. The lowest BCUT2D eigenvalue weighted by Gasteiger charge is -2.12. The minimum atomic E-state index is 0.848. The van der Waals surface area contributed by atoms with Gasteiger partial charge in [0.25, 0.3) is 0 Å². The summed E-state index contributed by atoms with van der Waals surface area (Å²) in [6, 6.07) is 30.7. The molecule has 0 saturated carbocycles. The van der Waals surface area contributed by atoms with Crippen molar-refractivity contribution in [1.29, 1.82) is 0 Å². The summed E-state index contributed by atoms with van der Waals surface area (Å²) in [6.07, 6.45) is 0. The number of methoxy groups -OCH3 is 2. The molecule has 0 aliphatic heterocycles. The van der Waals surface area contributed by atoms with Crippen LogP contribution >= 0.6 is 0 Å². The Hall–Kier alpha value is -4.04. The van der Waals surface area contributed by atoms with Crippen LogP contribution in [0.1, 0.15) is 11.1 Å². The lowest BCUT2D eigenvalue weighted by atomic mass is 9.91. The normalized spacial score (nSPS) is 11.5. The molecule has 0 aromatic heterocycles. The van der Waals surface area contributed by atoms with Crippen LogP contribution in [-0.2, 0) is 0 Å². The van der Waals surface area contributed by atoms with Gasteiger partial charge in [0, 0.05) is 0 Å². The molecule has 0 saturated heterocycles. The zero-order valence-electron chi connectivity index (χ0n) is 19.9. The third-order valence-corrected chi connectivity index (χ3v) is 6.93. The van der Waals surface area contributed by atoms with Crippen LogP contribution in [0.4, 0.5) is 0 Å². The minimum Gasteiger partial charge on any atom is -0.497 e. The average Bonchev–Trinajstić information content (AvgIpc) is 3.13. The first-order valence-electron chi connectivity index (χ1n) is 11.6. The second-order valence-electron chi connectivity index (χ2n) is 9.09. The average molecular weight is 443 g/mol. The predicted octanol–water partition coefficient (Wildman–Crippen LogP) is 8.55. The Labute approximate surface area is 199 Å². The van der Waals surface area contributed by atoms with Gasteiger partial charge in [0.2, 0.25) is 0 Å². The molecular weight excluding hydrogens is 416 g/mol. The summed E-state index contributed by atoms with van der Waals surface area (Å²) in [7, 11) is 3.43. The van der Waals surface area contributed by atoms with Gasteiger partial charge in [-0.15, -0.1) is 0 Å². The quantitative estimate of drug-likeness (QED) is 0.256. The Balaban J connectivity index is 1.86. The third-order valence-electron chi connectivity index (χ3n) is 6.93. The fraction of sp³-hybridized carbons (Fsp3) is 0.125. The summed E-state index contributed by atoms with van der Waals surface area (Å²) >= 11 is 0. The molecule has 0 unspecified atom stereocenters. The number of rotatable bonds is 3. The van der Waals surface area contributed by atoms with Gasteiger partial charge >= 0.3 is 0 Å². The van der Waals surface area contributed by atoms with Crippen molar-refractivity contribution in [2.24, 2.45) is 0 Å². The van der Waals surface area contributed by atoms with E-state index in [1.807, 2.05) is 12.1 Å². The topological polar surface area (TPSA) is 18.5 Å². The van der Waals surface area contributed by atoms with Crippen molar-refractivity contribution in [3.05, 3.63) is 96.1 Å². The van der Waals surface area contributed by atoms with Gasteiger partial charge in [0.05, 0.1) is 14.2 Å². The fourth-order valence-corrected chi connectivity index (χ4v) is 5.28. The summed E-state index contributed by atoms with van der Waals surface area (Å²) in [6.45, 7) is 4.34. The zero-order chi connectivity index (χ0) is 23.4. The molecule has 0 atom stereocenters. The monoisotopic (exact) mass is 442 g/mol. The van der Waals surface area contributed by atoms with Crippen LogP contribution in [0.15, 0.2) is 84.9 Å². The standard InChI is InChI=1S/C32H26O2/c1-19-5-12-26-27-13-6-20(2)16-29(27)32-30(28(26)15-19)18-22-17-24(34-4)11-14-25(31(22)32)21-7-9-23(33-3)10-8-21/h5-18H,1-4H3. The van der Waals surface area contributed by atoms with Crippen molar-refractivity contribution in [3.63, 3.8) is 0 Å². The van der Waals surface area contributed by atoms with Gasteiger partial charge in [-0.1, -0.05) is 65.7 Å². The maximum absolute atomic E-state index is 5.70. The number of hydrogen-bond acceptors (Lipinski definition) is 2.